The van der Waals surface area contributed by atoms with Crippen LogP contribution in [0.3, 0.4) is 0 Å². The number of hydrogen-bond donors (Lipinski definition) is 1. The van der Waals surface area contributed by atoms with Crippen molar-refractivity contribution in [2.24, 2.45) is 0 Å². The molecule has 2 aromatic rings. The number of nitriles is 1. The van der Waals surface area contributed by atoms with E-state index in [-0.39, 0.29) is 17.9 Å². The molecule has 2 rings (SSSR count). The molecule has 0 radical (unpaired) electrons. The highest BCUT2D eigenvalue weighted by Crippen LogP contribution is 2.22. The van der Waals surface area contributed by atoms with Crippen LogP contribution < -0.4 is 9.47 Å². The molecule has 0 aliphatic carbocycles. The predicted octanol–water partition coefficient (Wildman–Crippen LogP) is 2.82. The summed E-state index contributed by atoms with van der Waals surface area (Å²) in [6, 6.07) is 12.7. The van der Waals surface area contributed by atoms with Gasteiger partial charge in [0.2, 0.25) is 0 Å². The fourth-order valence-corrected chi connectivity index (χ4v) is 1.80. The van der Waals surface area contributed by atoms with Crippen LogP contribution in [0, 0.1) is 17.1 Å². The van der Waals surface area contributed by atoms with E-state index in [1.54, 1.807) is 24.3 Å². The van der Waals surface area contributed by atoms with Crippen molar-refractivity contribution in [3.8, 4) is 17.6 Å². The Hall–Kier alpha value is -2.58. The molecule has 0 aromatic heterocycles. The van der Waals surface area contributed by atoms with Gasteiger partial charge in [-0.3, -0.25) is 0 Å². The van der Waals surface area contributed by atoms with Gasteiger partial charge in [0.05, 0.1) is 18.7 Å². The molecule has 1 atom stereocenters. The Morgan fingerprint density at radius 2 is 2.10 bits per heavy atom. The third kappa shape index (κ3) is 3.71. The highest BCUT2D eigenvalue weighted by molar-refractivity contribution is 5.36. The molecule has 0 bridgehead atoms. The first-order chi connectivity index (χ1) is 10.1. The molecule has 0 heterocycles. The van der Waals surface area contributed by atoms with Crippen molar-refractivity contribution < 1.29 is 19.0 Å². The number of hydrogen-bond acceptors (Lipinski definition) is 4. The number of ether oxygens (including phenoxy) is 2. The van der Waals surface area contributed by atoms with Gasteiger partial charge < -0.3 is 14.6 Å². The van der Waals surface area contributed by atoms with Crippen LogP contribution in [0.1, 0.15) is 17.2 Å². The van der Waals surface area contributed by atoms with Gasteiger partial charge in [-0.15, -0.1) is 0 Å². The second-order valence-corrected chi connectivity index (χ2v) is 4.36. The summed E-state index contributed by atoms with van der Waals surface area (Å²) < 4.78 is 24.0. The summed E-state index contributed by atoms with van der Waals surface area (Å²) in [7, 11) is 1.54. The first-order valence-corrected chi connectivity index (χ1v) is 6.28. The Bertz CT molecular complexity index is 667. The number of halogens is 1. The highest BCUT2D eigenvalue weighted by atomic mass is 19.1. The van der Waals surface area contributed by atoms with Crippen molar-refractivity contribution >= 4 is 0 Å². The van der Waals surface area contributed by atoms with Crippen LogP contribution in [0.25, 0.3) is 0 Å². The zero-order valence-electron chi connectivity index (χ0n) is 11.4. The van der Waals surface area contributed by atoms with E-state index in [1.807, 2.05) is 6.07 Å². The molecule has 0 fully saturated rings. The topological polar surface area (TPSA) is 62.5 Å². The minimum atomic E-state index is -0.907. The quantitative estimate of drug-likeness (QED) is 0.918. The summed E-state index contributed by atoms with van der Waals surface area (Å²) in [6.45, 7) is -0.101. The minimum Gasteiger partial charge on any atom is -0.497 e. The molecule has 1 unspecified atom stereocenters. The number of aliphatic hydroxyl groups is 1. The molecule has 0 saturated carbocycles. The average Bonchev–Trinajstić information content (AvgIpc) is 2.53. The van der Waals surface area contributed by atoms with Crippen LogP contribution in [-0.2, 0) is 0 Å². The van der Waals surface area contributed by atoms with E-state index in [4.69, 9.17) is 14.7 Å². The number of benzene rings is 2. The lowest BCUT2D eigenvalue weighted by Gasteiger charge is -2.14. The van der Waals surface area contributed by atoms with Gasteiger partial charge in [-0.25, -0.2) is 4.39 Å². The molecule has 0 saturated heterocycles. The second-order valence-electron chi connectivity index (χ2n) is 4.36. The number of nitrogens with zero attached hydrogens (tertiary/aromatic N) is 1. The van der Waals surface area contributed by atoms with Gasteiger partial charge in [-0.05, 0) is 35.9 Å². The van der Waals surface area contributed by atoms with Crippen molar-refractivity contribution in [1.29, 1.82) is 5.26 Å². The van der Waals surface area contributed by atoms with Crippen molar-refractivity contribution in [1.82, 2.24) is 0 Å². The van der Waals surface area contributed by atoms with Crippen LogP contribution in [0.15, 0.2) is 42.5 Å². The van der Waals surface area contributed by atoms with E-state index in [0.29, 0.717) is 11.3 Å². The van der Waals surface area contributed by atoms with Crippen molar-refractivity contribution in [3.63, 3.8) is 0 Å². The third-order valence-electron chi connectivity index (χ3n) is 2.94. The van der Waals surface area contributed by atoms with E-state index < -0.39 is 11.9 Å². The Kier molecular flexibility index (Phi) is 4.75. The first kappa shape index (κ1) is 14.8. The fourth-order valence-electron chi connectivity index (χ4n) is 1.80. The Labute approximate surface area is 122 Å². The maximum atomic E-state index is 13.6. The van der Waals surface area contributed by atoms with E-state index in [1.165, 1.54) is 19.2 Å². The summed E-state index contributed by atoms with van der Waals surface area (Å²) in [5, 5.41) is 18.7. The predicted molar refractivity (Wildman–Crippen MR) is 74.6 cm³/mol. The SMILES string of the molecule is COc1cccc(C(O)COc2ccc(C#N)cc2F)c1. The smallest absolute Gasteiger partial charge is 0.166 e. The van der Waals surface area contributed by atoms with Gasteiger partial charge in [0.1, 0.15) is 18.5 Å². The van der Waals surface area contributed by atoms with Crippen LogP contribution in [-0.4, -0.2) is 18.8 Å². The zero-order valence-corrected chi connectivity index (χ0v) is 11.4. The first-order valence-electron chi connectivity index (χ1n) is 6.28. The summed E-state index contributed by atoms with van der Waals surface area (Å²) in [6.07, 6.45) is -0.907. The van der Waals surface area contributed by atoms with Crippen LogP contribution >= 0.6 is 0 Å². The molecular weight excluding hydrogens is 273 g/mol. The summed E-state index contributed by atoms with van der Waals surface area (Å²) in [5.74, 6) is -0.0149. The lowest BCUT2D eigenvalue weighted by molar-refractivity contribution is 0.105. The molecule has 1 N–H and O–H groups in total. The molecular formula is C16H14FNO3. The van der Waals surface area contributed by atoms with E-state index in [2.05, 4.69) is 0 Å². The van der Waals surface area contributed by atoms with Crippen molar-refractivity contribution in [2.45, 2.75) is 6.10 Å². The van der Waals surface area contributed by atoms with Crippen LogP contribution in [0.2, 0.25) is 0 Å². The van der Waals surface area contributed by atoms with Gasteiger partial charge in [0.15, 0.2) is 11.6 Å². The van der Waals surface area contributed by atoms with Gasteiger partial charge >= 0.3 is 0 Å². The highest BCUT2D eigenvalue weighted by Gasteiger charge is 2.11. The summed E-state index contributed by atoms with van der Waals surface area (Å²) in [4.78, 5) is 0. The normalized spacial score (nSPS) is 11.5. The number of aliphatic hydroxyl groups excluding tert-OH is 1. The molecule has 108 valence electrons. The van der Waals surface area contributed by atoms with Gasteiger partial charge in [-0.2, -0.15) is 5.26 Å². The minimum absolute atomic E-state index is 0.00375. The molecule has 5 heteroatoms. The standard InChI is InChI=1S/C16H14FNO3/c1-20-13-4-2-3-12(8-13)15(19)10-21-16-6-5-11(9-18)7-14(16)17/h2-8,15,19H,10H2,1H3. The van der Waals surface area contributed by atoms with E-state index >= 15 is 0 Å². The average molecular weight is 287 g/mol. The molecule has 0 amide bonds. The van der Waals surface area contributed by atoms with E-state index in [9.17, 15) is 9.50 Å². The summed E-state index contributed by atoms with van der Waals surface area (Å²) in [5.41, 5.74) is 0.830. The lowest BCUT2D eigenvalue weighted by atomic mass is 10.1. The number of rotatable bonds is 5. The summed E-state index contributed by atoms with van der Waals surface area (Å²) >= 11 is 0. The van der Waals surface area contributed by atoms with Crippen LogP contribution in [0.4, 0.5) is 4.39 Å². The molecule has 2 aromatic carbocycles. The lowest BCUT2D eigenvalue weighted by Crippen LogP contribution is -2.10. The molecule has 4 nitrogen and oxygen atoms in total. The zero-order chi connectivity index (χ0) is 15.2. The Balaban J connectivity index is 2.04. The maximum Gasteiger partial charge on any atom is 0.166 e. The maximum absolute atomic E-state index is 13.6. The Morgan fingerprint density at radius 1 is 1.29 bits per heavy atom. The Morgan fingerprint density at radius 3 is 2.76 bits per heavy atom. The van der Waals surface area contributed by atoms with Crippen molar-refractivity contribution in [2.75, 3.05) is 13.7 Å². The van der Waals surface area contributed by atoms with Gasteiger partial charge in [0.25, 0.3) is 0 Å². The molecule has 0 spiro atoms. The van der Waals surface area contributed by atoms with Crippen molar-refractivity contribution in [3.05, 3.63) is 59.4 Å². The van der Waals surface area contributed by atoms with E-state index in [0.717, 1.165) is 6.07 Å². The van der Waals surface area contributed by atoms with Gasteiger partial charge in [0, 0.05) is 0 Å². The molecule has 0 aliphatic heterocycles. The third-order valence-corrected chi connectivity index (χ3v) is 2.94. The fraction of sp³-hybridized carbons (Fsp3) is 0.188. The molecule has 0 aliphatic rings. The van der Waals surface area contributed by atoms with Gasteiger partial charge in [-0.1, -0.05) is 12.1 Å². The van der Waals surface area contributed by atoms with Crippen LogP contribution in [0.5, 0.6) is 11.5 Å². The second kappa shape index (κ2) is 6.73. The monoisotopic (exact) mass is 287 g/mol. The molecule has 21 heavy (non-hydrogen) atoms. The number of methoxy groups -OCH3 is 1. The largest absolute Gasteiger partial charge is 0.497 e.